The molecule has 0 fully saturated rings. The maximum atomic E-state index is 12.0. The predicted molar refractivity (Wildman–Crippen MR) is 81.5 cm³/mol. The monoisotopic (exact) mass is 376 g/mol. The minimum atomic E-state index is -0.991. The Morgan fingerprint density at radius 3 is 2.41 bits per heavy atom. The van der Waals surface area contributed by atoms with Gasteiger partial charge in [-0.25, -0.2) is 0 Å². The third kappa shape index (κ3) is 4.11. The van der Waals surface area contributed by atoms with Crippen LogP contribution in [0.4, 0.5) is 17.1 Å². The lowest BCUT2D eigenvalue weighted by Crippen LogP contribution is -2.28. The highest BCUT2D eigenvalue weighted by Crippen LogP contribution is 2.35. The van der Waals surface area contributed by atoms with Crippen LogP contribution in [-0.2, 0) is 0 Å². The normalized spacial score (nSPS) is 10.1. The summed E-state index contributed by atoms with van der Waals surface area (Å²) >= 11 is 3.14. The Morgan fingerprint density at radius 1 is 1.23 bits per heavy atom. The van der Waals surface area contributed by atoms with Crippen molar-refractivity contribution < 1.29 is 19.7 Å². The lowest BCUT2D eigenvalue weighted by molar-refractivity contribution is -0.394. The van der Waals surface area contributed by atoms with Gasteiger partial charge < -0.3 is 15.7 Å². The molecule has 10 nitrogen and oxygen atoms in total. The lowest BCUT2D eigenvalue weighted by Gasteiger charge is -2.10. The van der Waals surface area contributed by atoms with Crippen LogP contribution in [0.15, 0.2) is 12.1 Å². The van der Waals surface area contributed by atoms with Gasteiger partial charge in [0, 0.05) is 24.5 Å². The number of hydrogen-bond acceptors (Lipinski definition) is 7. The number of anilines is 1. The van der Waals surface area contributed by atoms with Gasteiger partial charge in [0.2, 0.25) is 0 Å². The molecule has 1 aromatic carbocycles. The van der Waals surface area contributed by atoms with E-state index in [4.69, 9.17) is 5.11 Å². The second-order valence-electron chi connectivity index (χ2n) is 3.97. The fourth-order valence-electron chi connectivity index (χ4n) is 1.73. The number of carbonyl (C=O) groups excluding carboxylic acids is 1. The minimum absolute atomic E-state index is 0.00389. The molecular weight excluding hydrogens is 364 g/mol. The van der Waals surface area contributed by atoms with Crippen LogP contribution in [0.5, 0.6) is 0 Å². The van der Waals surface area contributed by atoms with Crippen LogP contribution in [0, 0.1) is 20.2 Å². The summed E-state index contributed by atoms with van der Waals surface area (Å²) in [6.45, 7) is -0.239. The van der Waals surface area contributed by atoms with Crippen molar-refractivity contribution in [1.82, 2.24) is 5.32 Å². The summed E-state index contributed by atoms with van der Waals surface area (Å²) in [6.07, 6.45) is 0. The standard InChI is InChI=1S/C11H13BrN4O6/c12-3-4-13-7-1-2-8(15(19)20)9(10(7)16(21)22)11(18)14-5-6-17/h1-2,13,17H,3-6H2,(H,14,18). The van der Waals surface area contributed by atoms with Gasteiger partial charge >= 0.3 is 5.69 Å². The molecule has 0 saturated carbocycles. The van der Waals surface area contributed by atoms with Crippen molar-refractivity contribution in [3.63, 3.8) is 0 Å². The number of rotatable bonds is 8. The Balaban J connectivity index is 3.46. The Bertz CT molecular complexity index is 594. The number of nitrogens with one attached hydrogen (secondary N) is 2. The van der Waals surface area contributed by atoms with Crippen molar-refractivity contribution in [1.29, 1.82) is 0 Å². The molecule has 0 radical (unpaired) electrons. The van der Waals surface area contributed by atoms with Crippen LogP contribution in [0.3, 0.4) is 0 Å². The van der Waals surface area contributed by atoms with Crippen molar-refractivity contribution in [2.75, 3.05) is 30.3 Å². The van der Waals surface area contributed by atoms with E-state index in [0.717, 1.165) is 6.07 Å². The average Bonchev–Trinajstić information content (AvgIpc) is 2.48. The van der Waals surface area contributed by atoms with Crippen LogP contribution in [0.1, 0.15) is 10.4 Å². The first-order valence-corrected chi connectivity index (χ1v) is 7.20. The fourth-order valence-corrected chi connectivity index (χ4v) is 1.93. The molecule has 0 aliphatic rings. The molecule has 22 heavy (non-hydrogen) atoms. The van der Waals surface area contributed by atoms with E-state index in [2.05, 4.69) is 26.6 Å². The van der Waals surface area contributed by atoms with Gasteiger partial charge in [0.1, 0.15) is 5.69 Å². The highest BCUT2D eigenvalue weighted by molar-refractivity contribution is 9.09. The van der Waals surface area contributed by atoms with Gasteiger partial charge in [-0.3, -0.25) is 25.0 Å². The van der Waals surface area contributed by atoms with Gasteiger partial charge in [0.05, 0.1) is 16.5 Å². The summed E-state index contributed by atoms with van der Waals surface area (Å²) in [5.41, 5.74) is -2.00. The number of nitro groups is 2. The van der Waals surface area contributed by atoms with E-state index >= 15 is 0 Å². The van der Waals surface area contributed by atoms with Crippen LogP contribution < -0.4 is 10.6 Å². The zero-order valence-electron chi connectivity index (χ0n) is 11.2. The van der Waals surface area contributed by atoms with Crippen molar-refractivity contribution in [2.45, 2.75) is 0 Å². The Labute approximate surface area is 132 Å². The van der Waals surface area contributed by atoms with Gasteiger partial charge in [0.15, 0.2) is 5.56 Å². The van der Waals surface area contributed by atoms with E-state index in [1.165, 1.54) is 6.07 Å². The molecule has 1 aromatic rings. The summed E-state index contributed by atoms with van der Waals surface area (Å²) in [7, 11) is 0. The van der Waals surface area contributed by atoms with Crippen molar-refractivity contribution in [3.05, 3.63) is 37.9 Å². The van der Waals surface area contributed by atoms with E-state index in [-0.39, 0.29) is 12.2 Å². The summed E-state index contributed by atoms with van der Waals surface area (Å²) in [6, 6.07) is 2.21. The summed E-state index contributed by atoms with van der Waals surface area (Å²) in [5, 5.41) is 36.4. The molecule has 0 saturated heterocycles. The van der Waals surface area contributed by atoms with Crippen LogP contribution in [0.2, 0.25) is 0 Å². The number of aliphatic hydroxyl groups is 1. The Kier molecular flexibility index (Phi) is 6.66. The molecule has 0 unspecified atom stereocenters. The highest BCUT2D eigenvalue weighted by atomic mass is 79.9. The van der Waals surface area contributed by atoms with Gasteiger partial charge in [0.25, 0.3) is 11.6 Å². The third-order valence-corrected chi connectivity index (χ3v) is 2.97. The van der Waals surface area contributed by atoms with E-state index in [1.807, 2.05) is 0 Å². The third-order valence-electron chi connectivity index (χ3n) is 2.57. The molecule has 0 aliphatic heterocycles. The molecule has 0 bridgehead atoms. The predicted octanol–water partition coefficient (Wildman–Crippen LogP) is 1.03. The zero-order valence-corrected chi connectivity index (χ0v) is 12.8. The number of nitrogens with zero attached hydrogens (tertiary/aromatic N) is 2. The van der Waals surface area contributed by atoms with Crippen LogP contribution in [0.25, 0.3) is 0 Å². The van der Waals surface area contributed by atoms with Gasteiger partial charge in [-0.1, -0.05) is 15.9 Å². The second kappa shape index (κ2) is 8.24. The van der Waals surface area contributed by atoms with Crippen molar-refractivity contribution in [3.8, 4) is 0 Å². The molecule has 0 spiro atoms. The molecule has 0 aliphatic carbocycles. The van der Waals surface area contributed by atoms with E-state index in [9.17, 15) is 25.0 Å². The number of aliphatic hydroxyl groups excluding tert-OH is 1. The van der Waals surface area contributed by atoms with Crippen molar-refractivity contribution in [2.24, 2.45) is 0 Å². The summed E-state index contributed by atoms with van der Waals surface area (Å²) in [4.78, 5) is 32.6. The quantitative estimate of drug-likeness (QED) is 0.348. The number of benzene rings is 1. The summed E-state index contributed by atoms with van der Waals surface area (Å²) in [5.74, 6) is -0.991. The Morgan fingerprint density at radius 2 is 1.91 bits per heavy atom. The summed E-state index contributed by atoms with van der Waals surface area (Å²) < 4.78 is 0. The van der Waals surface area contributed by atoms with E-state index < -0.39 is 39.3 Å². The maximum absolute atomic E-state index is 12.0. The smallest absolute Gasteiger partial charge is 0.312 e. The molecule has 3 N–H and O–H groups in total. The topological polar surface area (TPSA) is 148 Å². The SMILES string of the molecule is O=C(NCCO)c1c([N+](=O)[O-])ccc(NCCBr)c1[N+](=O)[O-]. The highest BCUT2D eigenvalue weighted by Gasteiger charge is 2.33. The first-order chi connectivity index (χ1) is 10.4. The molecular formula is C11H13BrN4O6. The number of nitro benzene ring substituents is 2. The molecule has 0 atom stereocenters. The number of carbonyl (C=O) groups is 1. The molecule has 11 heteroatoms. The fraction of sp³-hybridized carbons (Fsp3) is 0.364. The number of alkyl halides is 1. The number of halogens is 1. The molecule has 1 amide bonds. The maximum Gasteiger partial charge on any atom is 0.312 e. The Hall–Kier alpha value is -2.27. The molecule has 0 heterocycles. The number of hydrogen-bond donors (Lipinski definition) is 3. The first-order valence-electron chi connectivity index (χ1n) is 6.08. The van der Waals surface area contributed by atoms with E-state index in [0.29, 0.717) is 11.9 Å². The van der Waals surface area contributed by atoms with Gasteiger partial charge in [-0.2, -0.15) is 0 Å². The zero-order chi connectivity index (χ0) is 16.7. The van der Waals surface area contributed by atoms with Crippen LogP contribution >= 0.6 is 15.9 Å². The molecule has 0 aromatic heterocycles. The minimum Gasteiger partial charge on any atom is -0.395 e. The number of amides is 1. The molecule has 1 rings (SSSR count). The van der Waals surface area contributed by atoms with Crippen LogP contribution in [-0.4, -0.2) is 45.9 Å². The first kappa shape index (κ1) is 17.8. The van der Waals surface area contributed by atoms with Crippen molar-refractivity contribution >= 4 is 38.9 Å². The van der Waals surface area contributed by atoms with E-state index in [1.54, 1.807) is 0 Å². The largest absolute Gasteiger partial charge is 0.395 e. The average molecular weight is 377 g/mol. The molecule has 120 valence electrons. The van der Waals surface area contributed by atoms with Gasteiger partial charge in [-0.05, 0) is 6.07 Å². The van der Waals surface area contributed by atoms with Gasteiger partial charge in [-0.15, -0.1) is 0 Å². The lowest BCUT2D eigenvalue weighted by atomic mass is 10.1. The second-order valence-corrected chi connectivity index (χ2v) is 4.76.